The standard InChI is InChI=1S/C29H32F7N5O3/c1-17(42)40-10-8-22(9-11-40)37-26(43)41-15-24(18-4-6-21(30)7-5-18)25(16-41)39(3)27(44)38(2)23-13-19(28(31,32)33)12-20(14-23)29(34,35)36/h4-7,12-14,22,24-25H,8-11,15-16H2,1-3H3,(H,37,43)/t24-,25+/m0/s1. The number of benzene rings is 2. The van der Waals surface area contributed by atoms with E-state index in [0.29, 0.717) is 48.5 Å². The van der Waals surface area contributed by atoms with Gasteiger partial charge in [0.1, 0.15) is 5.82 Å². The summed E-state index contributed by atoms with van der Waals surface area (Å²) < 4.78 is 94.4. The van der Waals surface area contributed by atoms with E-state index in [1.807, 2.05) is 0 Å². The fourth-order valence-electron chi connectivity index (χ4n) is 5.61. The van der Waals surface area contributed by atoms with Crippen molar-refractivity contribution in [2.75, 3.05) is 45.2 Å². The van der Waals surface area contributed by atoms with E-state index < -0.39 is 59.0 Å². The third-order valence-electron chi connectivity index (χ3n) is 8.19. The van der Waals surface area contributed by atoms with E-state index in [2.05, 4.69) is 5.32 Å². The van der Waals surface area contributed by atoms with Gasteiger partial charge >= 0.3 is 24.4 Å². The monoisotopic (exact) mass is 631 g/mol. The largest absolute Gasteiger partial charge is 0.416 e. The third-order valence-corrected chi connectivity index (χ3v) is 8.19. The van der Waals surface area contributed by atoms with E-state index in [0.717, 1.165) is 7.05 Å². The Labute approximate surface area is 249 Å². The molecule has 0 spiro atoms. The van der Waals surface area contributed by atoms with Crippen molar-refractivity contribution in [1.82, 2.24) is 20.0 Å². The molecule has 15 heteroatoms. The molecule has 0 saturated carbocycles. The first-order chi connectivity index (χ1) is 20.5. The molecule has 2 saturated heterocycles. The Morgan fingerprint density at radius 3 is 1.89 bits per heavy atom. The van der Waals surface area contributed by atoms with Crippen LogP contribution in [0.1, 0.15) is 42.4 Å². The van der Waals surface area contributed by atoms with Gasteiger partial charge in [0.05, 0.1) is 17.2 Å². The minimum atomic E-state index is -5.10. The summed E-state index contributed by atoms with van der Waals surface area (Å²) in [5.41, 5.74) is -3.16. The lowest BCUT2D eigenvalue weighted by Crippen LogP contribution is -2.50. The summed E-state index contributed by atoms with van der Waals surface area (Å²) in [5.74, 6) is -1.11. The quantitative estimate of drug-likeness (QED) is 0.451. The molecule has 0 aliphatic carbocycles. The molecule has 44 heavy (non-hydrogen) atoms. The van der Waals surface area contributed by atoms with Crippen LogP contribution in [0.4, 0.5) is 46.0 Å². The minimum Gasteiger partial charge on any atom is -0.343 e. The van der Waals surface area contributed by atoms with E-state index in [-0.39, 0.29) is 31.1 Å². The highest BCUT2D eigenvalue weighted by Crippen LogP contribution is 2.39. The first-order valence-electron chi connectivity index (χ1n) is 13.8. The Kier molecular flexibility index (Phi) is 9.35. The van der Waals surface area contributed by atoms with E-state index in [1.54, 1.807) is 4.90 Å². The second kappa shape index (κ2) is 12.5. The number of urea groups is 2. The summed E-state index contributed by atoms with van der Waals surface area (Å²) >= 11 is 0. The average molecular weight is 632 g/mol. The van der Waals surface area contributed by atoms with Crippen molar-refractivity contribution in [3.05, 3.63) is 65.0 Å². The van der Waals surface area contributed by atoms with Crippen LogP contribution in [0.15, 0.2) is 42.5 Å². The van der Waals surface area contributed by atoms with Gasteiger partial charge in [-0.25, -0.2) is 14.0 Å². The Morgan fingerprint density at radius 2 is 1.39 bits per heavy atom. The number of piperidine rings is 1. The van der Waals surface area contributed by atoms with Crippen LogP contribution in [0.25, 0.3) is 0 Å². The third kappa shape index (κ3) is 7.36. The van der Waals surface area contributed by atoms with Crippen LogP contribution in [-0.4, -0.2) is 85.0 Å². The zero-order chi connectivity index (χ0) is 32.6. The van der Waals surface area contributed by atoms with Crippen molar-refractivity contribution in [2.24, 2.45) is 0 Å². The molecule has 0 aromatic heterocycles. The van der Waals surface area contributed by atoms with Gasteiger partial charge in [-0.2, -0.15) is 26.3 Å². The minimum absolute atomic E-state index is 0.00730. The zero-order valence-corrected chi connectivity index (χ0v) is 24.2. The predicted octanol–water partition coefficient (Wildman–Crippen LogP) is 5.54. The maximum atomic E-state index is 13.7. The second-order valence-electron chi connectivity index (χ2n) is 11.1. The number of nitrogens with zero attached hydrogens (tertiary/aromatic N) is 4. The van der Waals surface area contributed by atoms with Gasteiger partial charge in [0.15, 0.2) is 0 Å². The molecule has 0 radical (unpaired) electrons. The first-order valence-corrected chi connectivity index (χ1v) is 13.8. The molecule has 1 N–H and O–H groups in total. The van der Waals surface area contributed by atoms with Crippen LogP contribution in [-0.2, 0) is 17.1 Å². The highest BCUT2D eigenvalue weighted by molar-refractivity contribution is 5.92. The van der Waals surface area contributed by atoms with E-state index in [9.17, 15) is 45.1 Å². The molecule has 2 fully saturated rings. The first kappa shape index (κ1) is 32.9. The molecule has 2 aliphatic rings. The Bertz CT molecular complexity index is 1340. The number of anilines is 1. The lowest BCUT2D eigenvalue weighted by atomic mass is 9.93. The van der Waals surface area contributed by atoms with Gasteiger partial charge in [-0.1, -0.05) is 12.1 Å². The predicted molar refractivity (Wildman–Crippen MR) is 146 cm³/mol. The number of nitrogens with one attached hydrogen (secondary N) is 1. The number of amides is 5. The lowest BCUT2D eigenvalue weighted by Gasteiger charge is -2.33. The zero-order valence-electron chi connectivity index (χ0n) is 24.2. The van der Waals surface area contributed by atoms with Gasteiger partial charge in [-0.3, -0.25) is 9.69 Å². The van der Waals surface area contributed by atoms with Crippen molar-refractivity contribution in [2.45, 2.75) is 50.1 Å². The summed E-state index contributed by atoms with van der Waals surface area (Å²) in [7, 11) is 2.41. The summed E-state index contributed by atoms with van der Waals surface area (Å²) in [4.78, 5) is 43.4. The van der Waals surface area contributed by atoms with Crippen LogP contribution in [0.5, 0.6) is 0 Å². The van der Waals surface area contributed by atoms with Gasteiger partial charge < -0.3 is 20.0 Å². The Morgan fingerprint density at radius 1 is 0.841 bits per heavy atom. The average Bonchev–Trinajstić information content (AvgIpc) is 3.41. The number of halogens is 7. The lowest BCUT2D eigenvalue weighted by molar-refractivity contribution is -0.143. The Balaban J connectivity index is 1.57. The summed E-state index contributed by atoms with van der Waals surface area (Å²) in [5, 5.41) is 2.94. The number of hydrogen-bond acceptors (Lipinski definition) is 3. The SMILES string of the molecule is CC(=O)N1CCC(NC(=O)N2C[C@@H](N(C)C(=O)N(C)c3cc(C(F)(F)F)cc(C(F)(F)F)c3)[C@H](c3ccc(F)cc3)C2)CC1. The van der Waals surface area contributed by atoms with Crippen molar-refractivity contribution in [3.8, 4) is 0 Å². The van der Waals surface area contributed by atoms with Crippen molar-refractivity contribution in [3.63, 3.8) is 0 Å². The molecule has 0 unspecified atom stereocenters. The molecular weight excluding hydrogens is 599 g/mol. The van der Waals surface area contributed by atoms with Crippen molar-refractivity contribution < 1.29 is 45.1 Å². The number of likely N-dealkylation sites (N-methyl/N-ethyl adjacent to an activating group) is 1. The van der Waals surface area contributed by atoms with Crippen LogP contribution in [0.2, 0.25) is 0 Å². The van der Waals surface area contributed by atoms with Crippen molar-refractivity contribution >= 4 is 23.7 Å². The number of carbonyl (C=O) groups excluding carboxylic acids is 3. The highest BCUT2D eigenvalue weighted by atomic mass is 19.4. The molecule has 2 heterocycles. The van der Waals surface area contributed by atoms with E-state index in [1.165, 1.54) is 48.0 Å². The van der Waals surface area contributed by atoms with E-state index in [4.69, 9.17) is 0 Å². The molecule has 240 valence electrons. The second-order valence-corrected chi connectivity index (χ2v) is 11.1. The molecule has 2 atom stereocenters. The van der Waals surface area contributed by atoms with Gasteiger partial charge in [0.25, 0.3) is 0 Å². The van der Waals surface area contributed by atoms with Gasteiger partial charge in [-0.05, 0) is 48.7 Å². The molecule has 2 aromatic rings. The number of likely N-dealkylation sites (tertiary alicyclic amines) is 2. The summed E-state index contributed by atoms with van der Waals surface area (Å²) in [6.45, 7) is 2.53. The maximum Gasteiger partial charge on any atom is 0.416 e. The van der Waals surface area contributed by atoms with Crippen molar-refractivity contribution in [1.29, 1.82) is 0 Å². The van der Waals surface area contributed by atoms with Gasteiger partial charge in [-0.15, -0.1) is 0 Å². The molecule has 4 rings (SSSR count). The summed E-state index contributed by atoms with van der Waals surface area (Å²) in [6.07, 6.45) is -9.10. The molecule has 2 aliphatic heterocycles. The molecule has 0 bridgehead atoms. The van der Waals surface area contributed by atoms with Crippen LogP contribution in [0, 0.1) is 5.82 Å². The van der Waals surface area contributed by atoms with Crippen LogP contribution < -0.4 is 10.2 Å². The number of alkyl halides is 6. The van der Waals surface area contributed by atoms with E-state index >= 15 is 0 Å². The fourth-order valence-corrected chi connectivity index (χ4v) is 5.61. The molecular formula is C29H32F7N5O3. The molecule has 5 amide bonds. The van der Waals surface area contributed by atoms with Crippen LogP contribution in [0.3, 0.4) is 0 Å². The number of hydrogen-bond donors (Lipinski definition) is 1. The Hall–Kier alpha value is -4.04. The van der Waals surface area contributed by atoms with Gasteiger partial charge in [0, 0.05) is 64.8 Å². The summed E-state index contributed by atoms with van der Waals surface area (Å²) in [6, 6.07) is 4.04. The topological polar surface area (TPSA) is 76.2 Å². The number of rotatable bonds is 4. The number of carbonyl (C=O) groups is 3. The highest BCUT2D eigenvalue weighted by Gasteiger charge is 2.42. The maximum absolute atomic E-state index is 13.7. The van der Waals surface area contributed by atoms with Gasteiger partial charge in [0.2, 0.25) is 5.91 Å². The normalized spacial score (nSPS) is 19.6. The molecule has 8 nitrogen and oxygen atoms in total. The van der Waals surface area contributed by atoms with Crippen LogP contribution >= 0.6 is 0 Å². The molecule has 2 aromatic carbocycles. The smallest absolute Gasteiger partial charge is 0.343 e. The fraction of sp³-hybridized carbons (Fsp3) is 0.483.